The van der Waals surface area contributed by atoms with Gasteiger partial charge in [0.25, 0.3) is 5.91 Å². The average molecular weight is 369 g/mol. The van der Waals surface area contributed by atoms with E-state index in [2.05, 4.69) is 22.3 Å². The zero-order chi connectivity index (χ0) is 18.8. The number of carbonyl (C=O) groups excluding carboxylic acids is 1. The van der Waals surface area contributed by atoms with Crippen LogP contribution in [0.15, 0.2) is 42.6 Å². The first kappa shape index (κ1) is 18.1. The summed E-state index contributed by atoms with van der Waals surface area (Å²) in [6.07, 6.45) is 3.28. The number of rotatable bonds is 6. The van der Waals surface area contributed by atoms with Gasteiger partial charge in [-0.1, -0.05) is 12.1 Å². The van der Waals surface area contributed by atoms with Crippen molar-refractivity contribution >= 4 is 5.91 Å². The minimum Gasteiger partial charge on any atom is -0.497 e. The van der Waals surface area contributed by atoms with E-state index in [0.29, 0.717) is 18.2 Å². The van der Waals surface area contributed by atoms with E-state index in [-0.39, 0.29) is 18.1 Å². The third kappa shape index (κ3) is 4.01. The van der Waals surface area contributed by atoms with Gasteiger partial charge >= 0.3 is 0 Å². The molecule has 1 amide bonds. The van der Waals surface area contributed by atoms with Gasteiger partial charge < -0.3 is 19.4 Å². The summed E-state index contributed by atoms with van der Waals surface area (Å²) in [5.41, 5.74) is 1.97. The van der Waals surface area contributed by atoms with Gasteiger partial charge in [0, 0.05) is 45.3 Å². The molecule has 2 fully saturated rings. The molecule has 2 saturated heterocycles. The third-order valence-corrected chi connectivity index (χ3v) is 5.62. The Hall–Kier alpha value is -2.31. The maximum atomic E-state index is 12.2. The molecule has 3 heterocycles. The molecule has 0 bridgehead atoms. The molecule has 4 rings (SSSR count). The lowest BCUT2D eigenvalue weighted by Crippen LogP contribution is -2.34. The highest BCUT2D eigenvalue weighted by Crippen LogP contribution is 2.33. The monoisotopic (exact) mass is 369 g/mol. The van der Waals surface area contributed by atoms with E-state index in [1.807, 2.05) is 42.1 Å². The smallest absolute Gasteiger partial charge is 0.267 e. The zero-order valence-electron chi connectivity index (χ0n) is 15.9. The Morgan fingerprint density at radius 1 is 1.26 bits per heavy atom. The van der Waals surface area contributed by atoms with Crippen molar-refractivity contribution in [2.75, 3.05) is 26.7 Å². The van der Waals surface area contributed by atoms with Gasteiger partial charge in [-0.15, -0.1) is 0 Å². The molecule has 2 aliphatic rings. The summed E-state index contributed by atoms with van der Waals surface area (Å²) >= 11 is 0. The molecule has 2 aromatic rings. The summed E-state index contributed by atoms with van der Waals surface area (Å²) in [4.78, 5) is 14.7. The Morgan fingerprint density at radius 2 is 2.07 bits per heavy atom. The van der Waals surface area contributed by atoms with Gasteiger partial charge in [-0.2, -0.15) is 0 Å². The van der Waals surface area contributed by atoms with Crippen LogP contribution in [-0.4, -0.2) is 54.3 Å². The lowest BCUT2D eigenvalue weighted by atomic mass is 10.0. The lowest BCUT2D eigenvalue weighted by molar-refractivity contribution is 0.0371. The Kier molecular flexibility index (Phi) is 5.18. The van der Waals surface area contributed by atoms with E-state index in [0.717, 1.165) is 31.8 Å². The number of hydrogen-bond donors (Lipinski definition) is 1. The second-order valence-corrected chi connectivity index (χ2v) is 7.55. The van der Waals surface area contributed by atoms with Crippen molar-refractivity contribution in [1.29, 1.82) is 0 Å². The number of methoxy groups -OCH3 is 1. The van der Waals surface area contributed by atoms with Crippen LogP contribution in [0, 0.1) is 5.92 Å². The van der Waals surface area contributed by atoms with Crippen LogP contribution in [0.4, 0.5) is 0 Å². The number of nitrogens with zero attached hydrogens (tertiary/aromatic N) is 2. The van der Waals surface area contributed by atoms with E-state index in [4.69, 9.17) is 9.47 Å². The minimum absolute atomic E-state index is 0.0377. The van der Waals surface area contributed by atoms with Gasteiger partial charge in [-0.25, -0.2) is 0 Å². The van der Waals surface area contributed by atoms with E-state index in [9.17, 15) is 4.79 Å². The Bertz CT molecular complexity index is 772. The predicted molar refractivity (Wildman–Crippen MR) is 103 cm³/mol. The Morgan fingerprint density at radius 3 is 2.74 bits per heavy atom. The molecule has 0 radical (unpaired) electrons. The van der Waals surface area contributed by atoms with Crippen LogP contribution in [0.1, 0.15) is 22.5 Å². The number of ether oxygens (including phenoxy) is 2. The van der Waals surface area contributed by atoms with Crippen molar-refractivity contribution in [1.82, 2.24) is 14.8 Å². The molecule has 6 nitrogen and oxygen atoms in total. The predicted octanol–water partition coefficient (Wildman–Crippen LogP) is 2.05. The standard InChI is InChI=1S/C21H27N3O3/c1-23-9-3-4-19(23)21(25)22-11-18-10-16-13-24(14-20(16)27-18)12-15-5-7-17(26-2)8-6-15/h3-9,16,18,20H,10-14H2,1-2H3,(H,22,25)/t16-,18-,20+/m1/s1. The number of aryl methyl sites for hydroxylation is 1. The number of carbonyl (C=O) groups is 1. The molecule has 3 atom stereocenters. The highest BCUT2D eigenvalue weighted by Gasteiger charge is 2.41. The van der Waals surface area contributed by atoms with Gasteiger partial charge in [0.1, 0.15) is 11.4 Å². The first-order chi connectivity index (χ1) is 13.1. The molecule has 1 N–H and O–H groups in total. The highest BCUT2D eigenvalue weighted by atomic mass is 16.5. The Labute approximate surface area is 160 Å². The second-order valence-electron chi connectivity index (χ2n) is 7.55. The summed E-state index contributed by atoms with van der Waals surface area (Å²) < 4.78 is 13.3. The van der Waals surface area contributed by atoms with Gasteiger partial charge in [0.2, 0.25) is 0 Å². The topological polar surface area (TPSA) is 55.7 Å². The molecule has 0 spiro atoms. The van der Waals surface area contributed by atoms with Gasteiger partial charge in [-0.05, 0) is 36.2 Å². The number of aromatic nitrogens is 1. The molecule has 27 heavy (non-hydrogen) atoms. The van der Waals surface area contributed by atoms with Gasteiger partial charge in [0.05, 0.1) is 19.3 Å². The molecule has 0 aliphatic carbocycles. The molecule has 0 unspecified atom stereocenters. The van der Waals surface area contributed by atoms with E-state index < -0.39 is 0 Å². The van der Waals surface area contributed by atoms with Gasteiger partial charge in [-0.3, -0.25) is 9.69 Å². The van der Waals surface area contributed by atoms with Crippen molar-refractivity contribution in [3.8, 4) is 5.75 Å². The molecule has 144 valence electrons. The summed E-state index contributed by atoms with van der Waals surface area (Å²) in [6, 6.07) is 12.0. The Balaban J connectivity index is 1.23. The summed E-state index contributed by atoms with van der Waals surface area (Å²) in [7, 11) is 3.56. The molecule has 0 saturated carbocycles. The average Bonchev–Trinajstić information content (AvgIpc) is 3.35. The molecule has 2 aliphatic heterocycles. The number of benzene rings is 1. The number of amides is 1. The fourth-order valence-electron chi connectivity index (χ4n) is 4.19. The first-order valence-electron chi connectivity index (χ1n) is 9.52. The highest BCUT2D eigenvalue weighted by molar-refractivity contribution is 5.92. The van der Waals surface area contributed by atoms with Crippen LogP contribution >= 0.6 is 0 Å². The van der Waals surface area contributed by atoms with Crippen LogP contribution in [0.3, 0.4) is 0 Å². The fourth-order valence-corrected chi connectivity index (χ4v) is 4.19. The SMILES string of the molecule is COc1ccc(CN2C[C@H]3C[C@H](CNC(=O)c4cccn4C)O[C@H]3C2)cc1. The van der Waals surface area contributed by atoms with Crippen LogP contribution < -0.4 is 10.1 Å². The maximum Gasteiger partial charge on any atom is 0.267 e. The summed E-state index contributed by atoms with van der Waals surface area (Å²) in [6.45, 7) is 3.53. The summed E-state index contributed by atoms with van der Waals surface area (Å²) in [5.74, 6) is 1.41. The molecule has 6 heteroatoms. The second kappa shape index (κ2) is 7.74. The first-order valence-corrected chi connectivity index (χ1v) is 9.52. The van der Waals surface area contributed by atoms with Crippen molar-refractivity contribution in [3.63, 3.8) is 0 Å². The van der Waals surface area contributed by atoms with E-state index >= 15 is 0 Å². The molecule has 1 aromatic carbocycles. The molecule has 1 aromatic heterocycles. The van der Waals surface area contributed by atoms with E-state index in [1.54, 1.807) is 7.11 Å². The number of hydrogen-bond acceptors (Lipinski definition) is 4. The number of likely N-dealkylation sites (tertiary alicyclic amines) is 1. The molecular formula is C21H27N3O3. The van der Waals surface area contributed by atoms with Crippen molar-refractivity contribution < 1.29 is 14.3 Å². The summed E-state index contributed by atoms with van der Waals surface area (Å²) in [5, 5.41) is 3.01. The lowest BCUT2D eigenvalue weighted by Gasteiger charge is -2.19. The van der Waals surface area contributed by atoms with Crippen LogP contribution in [-0.2, 0) is 18.3 Å². The van der Waals surface area contributed by atoms with Crippen molar-refractivity contribution in [2.24, 2.45) is 13.0 Å². The van der Waals surface area contributed by atoms with E-state index in [1.165, 1.54) is 5.56 Å². The third-order valence-electron chi connectivity index (χ3n) is 5.62. The number of nitrogens with one attached hydrogen (secondary N) is 1. The van der Waals surface area contributed by atoms with Crippen molar-refractivity contribution in [2.45, 2.75) is 25.2 Å². The largest absolute Gasteiger partial charge is 0.497 e. The minimum atomic E-state index is -0.0377. The quantitative estimate of drug-likeness (QED) is 0.847. The van der Waals surface area contributed by atoms with Gasteiger partial charge in [0.15, 0.2) is 0 Å². The molecular weight excluding hydrogens is 342 g/mol. The van der Waals surface area contributed by atoms with Crippen LogP contribution in [0.25, 0.3) is 0 Å². The van der Waals surface area contributed by atoms with Crippen LogP contribution in [0.5, 0.6) is 5.75 Å². The maximum absolute atomic E-state index is 12.2. The normalized spacial score (nSPS) is 24.7. The van der Waals surface area contributed by atoms with Crippen LogP contribution in [0.2, 0.25) is 0 Å². The zero-order valence-corrected chi connectivity index (χ0v) is 15.9. The fraction of sp³-hybridized carbons (Fsp3) is 0.476. The number of fused-ring (bicyclic) bond motifs is 1. The van der Waals surface area contributed by atoms with Crippen molar-refractivity contribution in [3.05, 3.63) is 53.9 Å².